The van der Waals surface area contributed by atoms with E-state index in [0.717, 1.165) is 51.9 Å². The molecule has 34 heavy (non-hydrogen) atoms. The molecular formula is C30H31N3O. The number of aryl methyl sites for hydroxylation is 2. The number of hydrogen-bond acceptors (Lipinski definition) is 3. The van der Waals surface area contributed by atoms with Gasteiger partial charge in [0.2, 0.25) is 0 Å². The Balaban J connectivity index is 1.50. The topological polar surface area (TPSA) is 49.9 Å². The van der Waals surface area contributed by atoms with Crippen molar-refractivity contribution in [3.63, 3.8) is 0 Å². The Bertz CT molecular complexity index is 1370. The Morgan fingerprint density at radius 1 is 1.06 bits per heavy atom. The minimum absolute atomic E-state index is 0.682. The lowest BCUT2D eigenvalue weighted by molar-refractivity contribution is 0.311. The van der Waals surface area contributed by atoms with E-state index in [1.54, 1.807) is 6.20 Å². The van der Waals surface area contributed by atoms with Crippen molar-refractivity contribution in [2.45, 2.75) is 26.7 Å². The third-order valence-corrected chi connectivity index (χ3v) is 5.72. The second kappa shape index (κ2) is 11.2. The summed E-state index contributed by atoms with van der Waals surface area (Å²) in [6, 6.07) is 24.6. The number of pyridine rings is 1. The van der Waals surface area contributed by atoms with Crippen LogP contribution in [-0.4, -0.2) is 16.6 Å². The first-order valence-corrected chi connectivity index (χ1v) is 11.6. The summed E-state index contributed by atoms with van der Waals surface area (Å²) in [5, 5.41) is 5.25. The highest BCUT2D eigenvalue weighted by Crippen LogP contribution is 2.21. The molecule has 0 saturated heterocycles. The summed E-state index contributed by atoms with van der Waals surface area (Å²) in [4.78, 5) is 7.81. The van der Waals surface area contributed by atoms with Crippen LogP contribution in [0.5, 0.6) is 5.75 Å². The van der Waals surface area contributed by atoms with Gasteiger partial charge in [0.1, 0.15) is 11.6 Å². The van der Waals surface area contributed by atoms with Crippen molar-refractivity contribution >= 4 is 18.1 Å². The van der Waals surface area contributed by atoms with E-state index in [9.17, 15) is 0 Å². The highest BCUT2D eigenvalue weighted by Gasteiger charge is 2.06. The van der Waals surface area contributed by atoms with E-state index < -0.39 is 0 Å². The van der Waals surface area contributed by atoms with Crippen molar-refractivity contribution in [2.24, 2.45) is 0 Å². The van der Waals surface area contributed by atoms with Crippen LogP contribution in [0.15, 0.2) is 91.1 Å². The van der Waals surface area contributed by atoms with E-state index in [1.165, 1.54) is 11.1 Å². The highest BCUT2D eigenvalue weighted by molar-refractivity contribution is 5.71. The van der Waals surface area contributed by atoms with E-state index in [-0.39, 0.29) is 0 Å². The fourth-order valence-electron chi connectivity index (χ4n) is 3.93. The zero-order chi connectivity index (χ0) is 23.8. The van der Waals surface area contributed by atoms with Crippen molar-refractivity contribution in [1.82, 2.24) is 9.97 Å². The summed E-state index contributed by atoms with van der Waals surface area (Å²) in [7, 11) is 0. The number of benzene rings is 2. The summed E-state index contributed by atoms with van der Waals surface area (Å²) < 4.78 is 6.07. The molecular weight excluding hydrogens is 418 g/mol. The Morgan fingerprint density at radius 2 is 1.91 bits per heavy atom. The van der Waals surface area contributed by atoms with Crippen LogP contribution in [0.25, 0.3) is 23.5 Å². The van der Waals surface area contributed by atoms with Crippen molar-refractivity contribution in [3.8, 4) is 17.0 Å². The summed E-state index contributed by atoms with van der Waals surface area (Å²) in [5.74, 6) is 1.66. The van der Waals surface area contributed by atoms with Gasteiger partial charge in [-0.15, -0.1) is 0 Å². The number of rotatable bonds is 9. The predicted octanol–water partition coefficient (Wildman–Crippen LogP) is 5.60. The van der Waals surface area contributed by atoms with Gasteiger partial charge in [0.05, 0.1) is 6.61 Å². The molecule has 0 atom stereocenters. The number of aromatic amines is 1. The molecule has 0 saturated carbocycles. The Kier molecular flexibility index (Phi) is 7.61. The lowest BCUT2D eigenvalue weighted by Crippen LogP contribution is -2.25. The zero-order valence-corrected chi connectivity index (χ0v) is 19.8. The van der Waals surface area contributed by atoms with Crippen LogP contribution in [0.2, 0.25) is 0 Å². The van der Waals surface area contributed by atoms with E-state index in [1.807, 2.05) is 49.4 Å². The Labute approximate surface area is 201 Å². The van der Waals surface area contributed by atoms with Gasteiger partial charge >= 0.3 is 0 Å². The number of ether oxygens (including phenoxy) is 1. The van der Waals surface area contributed by atoms with Crippen LogP contribution < -0.4 is 20.6 Å². The smallest absolute Gasteiger partial charge is 0.130 e. The minimum atomic E-state index is 0.682. The molecule has 2 aromatic carbocycles. The maximum Gasteiger partial charge on any atom is 0.130 e. The van der Waals surface area contributed by atoms with Crippen LogP contribution in [0.1, 0.15) is 24.5 Å². The molecule has 4 rings (SSSR count). The Hall–Kier alpha value is -4.05. The van der Waals surface area contributed by atoms with Gasteiger partial charge in [-0.25, -0.2) is 4.98 Å². The molecule has 172 valence electrons. The average Bonchev–Trinajstić information content (AvgIpc) is 3.25. The molecule has 0 aliphatic carbocycles. The van der Waals surface area contributed by atoms with Gasteiger partial charge in [-0.2, -0.15) is 0 Å². The van der Waals surface area contributed by atoms with Gasteiger partial charge in [0, 0.05) is 33.7 Å². The first-order valence-electron chi connectivity index (χ1n) is 11.6. The molecule has 0 aliphatic heterocycles. The molecule has 4 aromatic rings. The molecule has 0 aliphatic rings. The number of allylic oxidation sites excluding steroid dienone is 1. The maximum atomic E-state index is 6.07. The molecule has 0 amide bonds. The lowest BCUT2D eigenvalue weighted by atomic mass is 10.0. The lowest BCUT2D eigenvalue weighted by Gasteiger charge is -2.09. The number of nitrogens with one attached hydrogen (secondary N) is 2. The second-order valence-corrected chi connectivity index (χ2v) is 8.24. The highest BCUT2D eigenvalue weighted by atomic mass is 16.5. The fraction of sp³-hybridized carbons (Fsp3) is 0.167. The van der Waals surface area contributed by atoms with Gasteiger partial charge in [-0.1, -0.05) is 55.1 Å². The van der Waals surface area contributed by atoms with E-state index in [2.05, 4.69) is 71.3 Å². The minimum Gasteiger partial charge on any atom is -0.494 e. The molecule has 0 bridgehead atoms. The monoisotopic (exact) mass is 449 g/mol. The predicted molar refractivity (Wildman–Crippen MR) is 142 cm³/mol. The van der Waals surface area contributed by atoms with Gasteiger partial charge in [0.15, 0.2) is 0 Å². The molecule has 2 N–H and O–H groups in total. The van der Waals surface area contributed by atoms with E-state index in [4.69, 9.17) is 4.74 Å². The van der Waals surface area contributed by atoms with Crippen molar-refractivity contribution in [1.29, 1.82) is 0 Å². The SMILES string of the molecule is C=c1[nH]c(-c2cccc(OCCCc3ccccc3C)c2)c/c1=C(/C=C\C)Nc1ccccn1. The number of anilines is 1. The van der Waals surface area contributed by atoms with Gasteiger partial charge in [-0.05, 0) is 74.2 Å². The number of nitrogens with zero attached hydrogens (tertiary/aromatic N) is 1. The normalized spacial score (nSPS) is 12.1. The number of H-pyrrole nitrogens is 1. The van der Waals surface area contributed by atoms with Gasteiger partial charge < -0.3 is 15.0 Å². The van der Waals surface area contributed by atoms with Crippen LogP contribution >= 0.6 is 0 Å². The molecule has 0 radical (unpaired) electrons. The third-order valence-electron chi connectivity index (χ3n) is 5.72. The summed E-state index contributed by atoms with van der Waals surface area (Å²) in [5.41, 5.74) is 5.72. The third kappa shape index (κ3) is 5.84. The molecule has 0 spiro atoms. The van der Waals surface area contributed by atoms with Crippen LogP contribution in [0.4, 0.5) is 5.82 Å². The van der Waals surface area contributed by atoms with Gasteiger partial charge in [-0.3, -0.25) is 0 Å². The molecule has 4 heteroatoms. The molecule has 0 unspecified atom stereocenters. The zero-order valence-electron chi connectivity index (χ0n) is 19.8. The van der Waals surface area contributed by atoms with Crippen molar-refractivity contribution in [3.05, 3.63) is 113 Å². The molecule has 4 nitrogen and oxygen atoms in total. The summed E-state index contributed by atoms with van der Waals surface area (Å²) in [6.07, 6.45) is 7.80. The summed E-state index contributed by atoms with van der Waals surface area (Å²) >= 11 is 0. The van der Waals surface area contributed by atoms with Crippen molar-refractivity contribution in [2.75, 3.05) is 11.9 Å². The summed E-state index contributed by atoms with van der Waals surface area (Å²) in [6.45, 7) is 9.07. The van der Waals surface area contributed by atoms with E-state index in [0.29, 0.717) is 6.61 Å². The van der Waals surface area contributed by atoms with Crippen LogP contribution in [-0.2, 0) is 6.42 Å². The first-order chi connectivity index (χ1) is 16.6. The number of hydrogen-bond donors (Lipinski definition) is 2. The maximum absolute atomic E-state index is 6.07. The van der Waals surface area contributed by atoms with Crippen LogP contribution in [0, 0.1) is 6.92 Å². The van der Waals surface area contributed by atoms with Crippen LogP contribution in [0.3, 0.4) is 0 Å². The average molecular weight is 450 g/mol. The van der Waals surface area contributed by atoms with E-state index >= 15 is 0 Å². The number of aromatic nitrogens is 2. The molecule has 0 fully saturated rings. The Morgan fingerprint density at radius 3 is 2.71 bits per heavy atom. The molecule has 2 aromatic heterocycles. The quantitative estimate of drug-likeness (QED) is 0.327. The fourth-order valence-corrected chi connectivity index (χ4v) is 3.93. The van der Waals surface area contributed by atoms with Crippen molar-refractivity contribution < 1.29 is 4.74 Å². The standard InChI is InChI=1S/C30H31N3O/c1-4-11-28(33-30-17-7-8-18-31-30)27-21-29(32-23(27)3)25-14-9-16-26(20-25)34-19-10-15-24-13-6-5-12-22(24)2/h4-9,11-14,16-18,20-21,32H,3,10,15,19H2,1-2H3,(H,31,33)/b11-4-,28-27+. The second-order valence-electron chi connectivity index (χ2n) is 8.24. The molecule has 2 heterocycles. The first kappa shape index (κ1) is 23.1. The largest absolute Gasteiger partial charge is 0.494 e. The van der Waals surface area contributed by atoms with Gasteiger partial charge in [0.25, 0.3) is 0 Å².